The van der Waals surface area contributed by atoms with Crippen LogP contribution in [0.1, 0.15) is 35.5 Å². The third kappa shape index (κ3) is 4.58. The van der Waals surface area contributed by atoms with Crippen LogP contribution in [0.5, 0.6) is 0 Å². The SMILES string of the molecule is CCc1cccc(CC)c1NC(N)=NCCNC(=O)c1ccn[nH]1. The van der Waals surface area contributed by atoms with E-state index < -0.39 is 0 Å². The Bertz CT molecular complexity index is 671. The Morgan fingerprint density at radius 1 is 1.25 bits per heavy atom. The van der Waals surface area contributed by atoms with E-state index in [2.05, 4.69) is 57.9 Å². The van der Waals surface area contributed by atoms with Crippen LogP contribution in [0, 0.1) is 0 Å². The smallest absolute Gasteiger partial charge is 0.269 e. The molecule has 0 fully saturated rings. The standard InChI is InChI=1S/C17H24N6O/c1-3-12-6-5-7-13(4-2)15(12)22-17(18)20-11-10-19-16(24)14-8-9-21-23-14/h5-9H,3-4,10-11H2,1-2H3,(H,19,24)(H,21,23)(H3,18,20,22). The van der Waals surface area contributed by atoms with Crippen LogP contribution in [0.15, 0.2) is 35.5 Å². The molecule has 0 aliphatic rings. The summed E-state index contributed by atoms with van der Waals surface area (Å²) in [6.07, 6.45) is 3.37. The molecular weight excluding hydrogens is 304 g/mol. The number of aliphatic imine (C=N–C) groups is 1. The summed E-state index contributed by atoms with van der Waals surface area (Å²) >= 11 is 0. The number of aryl methyl sites for hydroxylation is 2. The Balaban J connectivity index is 1.89. The van der Waals surface area contributed by atoms with Crippen molar-refractivity contribution in [1.29, 1.82) is 0 Å². The summed E-state index contributed by atoms with van der Waals surface area (Å²) in [5.41, 5.74) is 9.85. The number of hydrogen-bond donors (Lipinski definition) is 4. The maximum Gasteiger partial charge on any atom is 0.269 e. The third-order valence-corrected chi connectivity index (χ3v) is 3.68. The number of H-pyrrole nitrogens is 1. The number of aromatic nitrogens is 2. The first-order valence-electron chi connectivity index (χ1n) is 8.11. The van der Waals surface area contributed by atoms with Crippen LogP contribution in [0.25, 0.3) is 0 Å². The number of carbonyl (C=O) groups is 1. The molecule has 7 nitrogen and oxygen atoms in total. The average Bonchev–Trinajstić information content (AvgIpc) is 3.13. The largest absolute Gasteiger partial charge is 0.370 e. The van der Waals surface area contributed by atoms with E-state index in [4.69, 9.17) is 5.73 Å². The molecular formula is C17H24N6O. The van der Waals surface area contributed by atoms with Crippen molar-refractivity contribution < 1.29 is 4.79 Å². The van der Waals surface area contributed by atoms with Gasteiger partial charge in [-0.2, -0.15) is 5.10 Å². The van der Waals surface area contributed by atoms with Gasteiger partial charge in [0.2, 0.25) is 0 Å². The highest BCUT2D eigenvalue weighted by Gasteiger charge is 2.07. The van der Waals surface area contributed by atoms with Crippen LogP contribution >= 0.6 is 0 Å². The fraction of sp³-hybridized carbons (Fsp3) is 0.353. The van der Waals surface area contributed by atoms with Gasteiger partial charge >= 0.3 is 0 Å². The molecule has 24 heavy (non-hydrogen) atoms. The van der Waals surface area contributed by atoms with Gasteiger partial charge in [-0.15, -0.1) is 0 Å². The summed E-state index contributed by atoms with van der Waals surface area (Å²) in [5.74, 6) is 0.139. The number of amides is 1. The van der Waals surface area contributed by atoms with Crippen molar-refractivity contribution in [1.82, 2.24) is 15.5 Å². The Kier molecular flexibility index (Phi) is 6.36. The van der Waals surface area contributed by atoms with E-state index in [1.165, 1.54) is 17.3 Å². The van der Waals surface area contributed by atoms with Crippen molar-refractivity contribution in [2.24, 2.45) is 10.7 Å². The van der Waals surface area contributed by atoms with Gasteiger partial charge < -0.3 is 16.4 Å². The van der Waals surface area contributed by atoms with E-state index in [1.807, 2.05) is 0 Å². The first-order valence-corrected chi connectivity index (χ1v) is 8.11. The predicted octanol–water partition coefficient (Wildman–Crippen LogP) is 1.69. The van der Waals surface area contributed by atoms with E-state index in [0.717, 1.165) is 18.5 Å². The van der Waals surface area contributed by atoms with Crippen LogP contribution in [0.2, 0.25) is 0 Å². The molecule has 2 aromatic rings. The molecule has 0 saturated carbocycles. The molecule has 7 heteroatoms. The predicted molar refractivity (Wildman–Crippen MR) is 96.2 cm³/mol. The van der Waals surface area contributed by atoms with Gasteiger partial charge in [-0.1, -0.05) is 32.0 Å². The molecule has 2 rings (SSSR count). The van der Waals surface area contributed by atoms with Gasteiger partial charge in [0, 0.05) is 18.4 Å². The minimum absolute atomic E-state index is 0.209. The first-order chi connectivity index (χ1) is 11.7. The molecule has 0 bridgehead atoms. The van der Waals surface area contributed by atoms with Gasteiger partial charge in [0.25, 0.3) is 5.91 Å². The maximum absolute atomic E-state index is 11.7. The number of aromatic amines is 1. The molecule has 0 unspecified atom stereocenters. The summed E-state index contributed by atoms with van der Waals surface area (Å²) in [7, 11) is 0. The molecule has 1 aromatic heterocycles. The van der Waals surface area contributed by atoms with Crippen LogP contribution in [-0.4, -0.2) is 35.2 Å². The number of nitrogens with zero attached hydrogens (tertiary/aromatic N) is 2. The number of guanidine groups is 1. The molecule has 0 radical (unpaired) electrons. The van der Waals surface area contributed by atoms with Gasteiger partial charge in [0.05, 0.1) is 6.54 Å². The van der Waals surface area contributed by atoms with E-state index in [-0.39, 0.29) is 5.91 Å². The van der Waals surface area contributed by atoms with Gasteiger partial charge in [0.15, 0.2) is 5.96 Å². The van der Waals surface area contributed by atoms with E-state index in [1.54, 1.807) is 6.07 Å². The number of anilines is 1. The van der Waals surface area contributed by atoms with Crippen LogP contribution in [0.4, 0.5) is 5.69 Å². The normalized spacial score (nSPS) is 11.3. The van der Waals surface area contributed by atoms with Crippen molar-refractivity contribution in [3.8, 4) is 0 Å². The first kappa shape index (κ1) is 17.5. The van der Waals surface area contributed by atoms with Crippen molar-refractivity contribution in [2.45, 2.75) is 26.7 Å². The van der Waals surface area contributed by atoms with Crippen LogP contribution in [-0.2, 0) is 12.8 Å². The van der Waals surface area contributed by atoms with E-state index >= 15 is 0 Å². The minimum Gasteiger partial charge on any atom is -0.370 e. The molecule has 0 saturated heterocycles. The lowest BCUT2D eigenvalue weighted by Gasteiger charge is -2.14. The second-order valence-corrected chi connectivity index (χ2v) is 5.28. The summed E-state index contributed by atoms with van der Waals surface area (Å²) in [5, 5.41) is 12.3. The summed E-state index contributed by atoms with van der Waals surface area (Å²) in [6, 6.07) is 7.84. The highest BCUT2D eigenvalue weighted by atomic mass is 16.1. The van der Waals surface area contributed by atoms with Crippen molar-refractivity contribution in [3.63, 3.8) is 0 Å². The number of carbonyl (C=O) groups excluding carboxylic acids is 1. The van der Waals surface area contributed by atoms with Crippen LogP contribution < -0.4 is 16.4 Å². The van der Waals surface area contributed by atoms with Crippen molar-refractivity contribution in [3.05, 3.63) is 47.3 Å². The minimum atomic E-state index is -0.209. The second kappa shape index (κ2) is 8.71. The van der Waals surface area contributed by atoms with Gasteiger partial charge in [0.1, 0.15) is 5.69 Å². The Hall–Kier alpha value is -2.83. The molecule has 1 heterocycles. The van der Waals surface area contributed by atoms with E-state index in [0.29, 0.717) is 24.7 Å². The highest BCUT2D eigenvalue weighted by molar-refractivity contribution is 5.94. The number of rotatable bonds is 7. The number of hydrogen-bond acceptors (Lipinski definition) is 3. The van der Waals surface area contributed by atoms with E-state index in [9.17, 15) is 4.79 Å². The molecule has 0 aliphatic carbocycles. The highest BCUT2D eigenvalue weighted by Crippen LogP contribution is 2.22. The topological polar surface area (TPSA) is 108 Å². The molecule has 0 aliphatic heterocycles. The lowest BCUT2D eigenvalue weighted by atomic mass is 10.0. The summed E-state index contributed by atoms with van der Waals surface area (Å²) < 4.78 is 0. The quantitative estimate of drug-likeness (QED) is 0.352. The molecule has 1 amide bonds. The van der Waals surface area contributed by atoms with Crippen molar-refractivity contribution in [2.75, 3.05) is 18.4 Å². The lowest BCUT2D eigenvalue weighted by Crippen LogP contribution is -2.29. The summed E-state index contributed by atoms with van der Waals surface area (Å²) in [4.78, 5) is 16.0. The Morgan fingerprint density at radius 2 is 1.96 bits per heavy atom. The monoisotopic (exact) mass is 328 g/mol. The molecule has 128 valence electrons. The molecule has 0 atom stereocenters. The van der Waals surface area contributed by atoms with Gasteiger partial charge in [-0.3, -0.25) is 14.9 Å². The Morgan fingerprint density at radius 3 is 2.54 bits per heavy atom. The maximum atomic E-state index is 11.7. The average molecular weight is 328 g/mol. The fourth-order valence-electron chi connectivity index (χ4n) is 2.39. The zero-order valence-electron chi connectivity index (χ0n) is 14.1. The third-order valence-electron chi connectivity index (χ3n) is 3.68. The number of benzene rings is 1. The summed E-state index contributed by atoms with van der Waals surface area (Å²) in [6.45, 7) is 5.02. The van der Waals surface area contributed by atoms with Gasteiger partial charge in [-0.25, -0.2) is 0 Å². The number of para-hydroxylation sites is 1. The molecule has 0 spiro atoms. The number of nitrogens with one attached hydrogen (secondary N) is 3. The Labute approximate surface area is 141 Å². The van der Waals surface area contributed by atoms with Crippen molar-refractivity contribution >= 4 is 17.6 Å². The van der Waals surface area contributed by atoms with Crippen LogP contribution in [0.3, 0.4) is 0 Å². The molecule has 5 N–H and O–H groups in total. The molecule has 1 aromatic carbocycles. The van der Waals surface area contributed by atoms with Gasteiger partial charge in [-0.05, 0) is 30.0 Å². The fourth-order valence-corrected chi connectivity index (χ4v) is 2.39. The lowest BCUT2D eigenvalue weighted by molar-refractivity contribution is 0.0950. The second-order valence-electron chi connectivity index (χ2n) is 5.28. The number of nitrogens with two attached hydrogens (primary N) is 1. The zero-order valence-corrected chi connectivity index (χ0v) is 14.1. The zero-order chi connectivity index (χ0) is 17.4.